The minimum Gasteiger partial charge on any atom is -0.493 e. The lowest BCUT2D eigenvalue weighted by Crippen LogP contribution is -2.39. The summed E-state index contributed by atoms with van der Waals surface area (Å²) in [6.07, 6.45) is 0. The van der Waals surface area contributed by atoms with Crippen LogP contribution in [0.5, 0.6) is 11.5 Å². The van der Waals surface area contributed by atoms with Gasteiger partial charge in [0.2, 0.25) is 15.9 Å². The van der Waals surface area contributed by atoms with Gasteiger partial charge in [-0.25, -0.2) is 13.1 Å². The van der Waals surface area contributed by atoms with Crippen LogP contribution in [0.15, 0.2) is 21.5 Å². The van der Waals surface area contributed by atoms with Crippen LogP contribution in [0.1, 0.15) is 13.8 Å². The maximum atomic E-state index is 12.3. The summed E-state index contributed by atoms with van der Waals surface area (Å²) in [5, 5.41) is 2.60. The first-order chi connectivity index (χ1) is 10.2. The Morgan fingerprint density at radius 1 is 1.23 bits per heavy atom. The van der Waals surface area contributed by atoms with Crippen molar-refractivity contribution in [2.75, 3.05) is 20.8 Å². The van der Waals surface area contributed by atoms with Gasteiger partial charge in [0, 0.05) is 16.6 Å². The van der Waals surface area contributed by atoms with Gasteiger partial charge in [-0.15, -0.1) is 0 Å². The number of amides is 1. The molecular weight excluding hydrogens is 376 g/mol. The molecule has 124 valence electrons. The lowest BCUT2D eigenvalue weighted by Gasteiger charge is -2.13. The number of hydrogen-bond donors (Lipinski definition) is 2. The molecule has 1 rings (SSSR count). The van der Waals surface area contributed by atoms with Crippen LogP contribution >= 0.6 is 15.9 Å². The highest BCUT2D eigenvalue weighted by Crippen LogP contribution is 2.35. The molecule has 7 nitrogen and oxygen atoms in total. The number of rotatable bonds is 7. The maximum Gasteiger partial charge on any atom is 0.242 e. The standard InChI is InChI=1S/C13H19BrN2O5S/c1-8(2)16-13(17)7-15-22(18,19)12-6-11(21-4)10(20-3)5-9(12)14/h5-6,8,15H,7H2,1-4H3,(H,16,17). The summed E-state index contributed by atoms with van der Waals surface area (Å²) in [4.78, 5) is 11.5. The van der Waals surface area contributed by atoms with Crippen LogP contribution in [-0.4, -0.2) is 41.1 Å². The molecule has 0 saturated heterocycles. The summed E-state index contributed by atoms with van der Waals surface area (Å²) < 4.78 is 37.3. The van der Waals surface area contributed by atoms with Crippen molar-refractivity contribution in [2.45, 2.75) is 24.8 Å². The molecular formula is C13H19BrN2O5S. The second-order valence-electron chi connectivity index (χ2n) is 4.68. The van der Waals surface area contributed by atoms with Crippen LogP contribution in [-0.2, 0) is 14.8 Å². The number of methoxy groups -OCH3 is 2. The van der Waals surface area contributed by atoms with Crippen LogP contribution < -0.4 is 19.5 Å². The van der Waals surface area contributed by atoms with E-state index in [-0.39, 0.29) is 23.2 Å². The molecule has 0 aliphatic heterocycles. The fraction of sp³-hybridized carbons (Fsp3) is 0.462. The summed E-state index contributed by atoms with van der Waals surface area (Å²) >= 11 is 3.18. The topological polar surface area (TPSA) is 93.7 Å². The molecule has 1 aromatic carbocycles. The Bertz CT molecular complexity index is 646. The highest BCUT2D eigenvalue weighted by atomic mass is 79.9. The molecule has 22 heavy (non-hydrogen) atoms. The lowest BCUT2D eigenvalue weighted by molar-refractivity contribution is -0.120. The molecule has 2 N–H and O–H groups in total. The Kier molecular flexibility index (Phi) is 6.64. The van der Waals surface area contributed by atoms with Gasteiger partial charge in [-0.05, 0) is 35.8 Å². The Morgan fingerprint density at radius 3 is 2.27 bits per heavy atom. The molecule has 9 heteroatoms. The van der Waals surface area contributed by atoms with Crippen molar-refractivity contribution in [1.29, 1.82) is 0 Å². The van der Waals surface area contributed by atoms with E-state index in [0.29, 0.717) is 10.2 Å². The zero-order valence-corrected chi connectivity index (χ0v) is 15.2. The van der Waals surface area contributed by atoms with Gasteiger partial charge in [-0.3, -0.25) is 4.79 Å². The summed E-state index contributed by atoms with van der Waals surface area (Å²) in [5.41, 5.74) is 0. The summed E-state index contributed by atoms with van der Waals surface area (Å²) in [7, 11) is -1.01. The molecule has 0 fully saturated rings. The minimum atomic E-state index is -3.87. The number of sulfonamides is 1. The third kappa shape index (κ3) is 4.85. The van der Waals surface area contributed by atoms with Gasteiger partial charge in [-0.1, -0.05) is 0 Å². The van der Waals surface area contributed by atoms with E-state index < -0.39 is 15.9 Å². The van der Waals surface area contributed by atoms with Gasteiger partial charge < -0.3 is 14.8 Å². The van der Waals surface area contributed by atoms with Crippen molar-refractivity contribution in [2.24, 2.45) is 0 Å². The Balaban J connectivity index is 3.00. The number of nitrogens with one attached hydrogen (secondary N) is 2. The van der Waals surface area contributed by atoms with Gasteiger partial charge in [0.05, 0.1) is 20.8 Å². The van der Waals surface area contributed by atoms with Gasteiger partial charge in [-0.2, -0.15) is 0 Å². The van der Waals surface area contributed by atoms with E-state index in [1.54, 1.807) is 13.8 Å². The first-order valence-electron chi connectivity index (χ1n) is 6.41. The monoisotopic (exact) mass is 394 g/mol. The fourth-order valence-electron chi connectivity index (χ4n) is 1.65. The van der Waals surface area contributed by atoms with E-state index in [4.69, 9.17) is 9.47 Å². The van der Waals surface area contributed by atoms with E-state index in [1.165, 1.54) is 26.4 Å². The quantitative estimate of drug-likeness (QED) is 0.725. The molecule has 1 amide bonds. The Hall–Kier alpha value is -1.32. The average molecular weight is 395 g/mol. The Labute approximate surface area is 138 Å². The highest BCUT2D eigenvalue weighted by molar-refractivity contribution is 9.10. The highest BCUT2D eigenvalue weighted by Gasteiger charge is 2.22. The number of carbonyl (C=O) groups is 1. The number of benzene rings is 1. The van der Waals surface area contributed by atoms with Crippen molar-refractivity contribution >= 4 is 31.9 Å². The summed E-state index contributed by atoms with van der Waals surface area (Å²) in [6, 6.07) is 2.75. The number of ether oxygens (including phenoxy) is 2. The van der Waals surface area contributed by atoms with Crippen LogP contribution in [0.2, 0.25) is 0 Å². The number of halogens is 1. The second kappa shape index (κ2) is 7.80. The van der Waals surface area contributed by atoms with Crippen LogP contribution in [0, 0.1) is 0 Å². The van der Waals surface area contributed by atoms with Crippen molar-refractivity contribution in [3.63, 3.8) is 0 Å². The molecule has 0 unspecified atom stereocenters. The van der Waals surface area contributed by atoms with Crippen molar-refractivity contribution in [3.8, 4) is 11.5 Å². The molecule has 0 aliphatic rings. The second-order valence-corrected chi connectivity index (χ2v) is 7.27. The zero-order valence-electron chi connectivity index (χ0n) is 12.8. The molecule has 1 aromatic rings. The van der Waals surface area contributed by atoms with Gasteiger partial charge in [0.15, 0.2) is 11.5 Å². The third-order valence-electron chi connectivity index (χ3n) is 2.60. The van der Waals surface area contributed by atoms with Crippen molar-refractivity contribution < 1.29 is 22.7 Å². The molecule has 0 aliphatic carbocycles. The average Bonchev–Trinajstić information content (AvgIpc) is 2.44. The molecule has 0 heterocycles. The maximum absolute atomic E-state index is 12.3. The number of carbonyl (C=O) groups excluding carboxylic acids is 1. The van der Waals surface area contributed by atoms with E-state index in [2.05, 4.69) is 26.0 Å². The predicted octanol–water partition coefficient (Wildman–Crippen LogP) is 1.27. The molecule has 0 aromatic heterocycles. The zero-order chi connectivity index (χ0) is 16.9. The van der Waals surface area contributed by atoms with Crippen molar-refractivity contribution in [1.82, 2.24) is 10.0 Å². The smallest absolute Gasteiger partial charge is 0.242 e. The number of hydrogen-bond acceptors (Lipinski definition) is 5. The molecule has 0 spiro atoms. The van der Waals surface area contributed by atoms with E-state index in [1.807, 2.05) is 0 Å². The molecule has 0 radical (unpaired) electrons. The molecule has 0 atom stereocenters. The van der Waals surface area contributed by atoms with Crippen LogP contribution in [0.4, 0.5) is 0 Å². The largest absolute Gasteiger partial charge is 0.493 e. The fourth-order valence-corrected chi connectivity index (χ4v) is 3.67. The molecule has 0 saturated carbocycles. The minimum absolute atomic E-state index is 0.0394. The van der Waals surface area contributed by atoms with E-state index in [0.717, 1.165) is 0 Å². The van der Waals surface area contributed by atoms with Gasteiger partial charge in [0.25, 0.3) is 0 Å². The van der Waals surface area contributed by atoms with Crippen LogP contribution in [0.25, 0.3) is 0 Å². The van der Waals surface area contributed by atoms with Gasteiger partial charge >= 0.3 is 0 Å². The van der Waals surface area contributed by atoms with Gasteiger partial charge in [0.1, 0.15) is 4.90 Å². The molecule has 0 bridgehead atoms. The first kappa shape index (κ1) is 18.7. The third-order valence-corrected chi connectivity index (χ3v) is 4.96. The summed E-state index contributed by atoms with van der Waals surface area (Å²) in [5.74, 6) is 0.263. The lowest BCUT2D eigenvalue weighted by atomic mass is 10.3. The normalized spacial score (nSPS) is 11.4. The first-order valence-corrected chi connectivity index (χ1v) is 8.69. The van der Waals surface area contributed by atoms with Crippen molar-refractivity contribution in [3.05, 3.63) is 16.6 Å². The van der Waals surface area contributed by atoms with E-state index >= 15 is 0 Å². The SMILES string of the molecule is COc1cc(Br)c(S(=O)(=O)NCC(=O)NC(C)C)cc1OC. The Morgan fingerprint density at radius 2 is 1.77 bits per heavy atom. The van der Waals surface area contributed by atoms with E-state index in [9.17, 15) is 13.2 Å². The predicted molar refractivity (Wildman–Crippen MR) is 85.7 cm³/mol. The van der Waals surface area contributed by atoms with Crippen LogP contribution in [0.3, 0.4) is 0 Å². The summed E-state index contributed by atoms with van der Waals surface area (Å²) in [6.45, 7) is 3.23.